The smallest absolute Gasteiger partial charge is 0.433 e. The van der Waals surface area contributed by atoms with Gasteiger partial charge in [-0.1, -0.05) is 6.07 Å². The maximum Gasteiger partial charge on any atom is 0.433 e. The predicted molar refractivity (Wildman–Crippen MR) is 101 cm³/mol. The minimum atomic E-state index is -4.56. The molecule has 0 aliphatic rings. The lowest BCUT2D eigenvalue weighted by Gasteiger charge is -2.11. The van der Waals surface area contributed by atoms with E-state index in [1.807, 2.05) is 13.0 Å². The molecule has 0 aliphatic heterocycles. The number of aromatic nitrogens is 3. The molecule has 2 N–H and O–H groups in total. The largest absolute Gasteiger partial charge is 0.481 e. The highest BCUT2D eigenvalue weighted by molar-refractivity contribution is 5.69. The molecule has 2 heterocycles. The van der Waals surface area contributed by atoms with Crippen molar-refractivity contribution in [2.75, 3.05) is 5.32 Å². The Morgan fingerprint density at radius 1 is 1.14 bits per heavy atom. The normalized spacial score (nSPS) is 11.3. The maximum absolute atomic E-state index is 12.8. The van der Waals surface area contributed by atoms with Crippen LogP contribution in [0.15, 0.2) is 48.7 Å². The van der Waals surface area contributed by atoms with Crippen molar-refractivity contribution in [3.63, 3.8) is 0 Å². The van der Waals surface area contributed by atoms with Gasteiger partial charge in [0.1, 0.15) is 5.69 Å². The van der Waals surface area contributed by atoms with Crippen LogP contribution in [0.25, 0.3) is 11.3 Å². The summed E-state index contributed by atoms with van der Waals surface area (Å²) in [7, 11) is 0. The number of carboxylic acid groups (broad SMARTS) is 1. The second-order valence-electron chi connectivity index (χ2n) is 6.38. The van der Waals surface area contributed by atoms with Crippen LogP contribution >= 0.6 is 0 Å². The van der Waals surface area contributed by atoms with Crippen molar-refractivity contribution >= 4 is 17.6 Å². The highest BCUT2D eigenvalue weighted by Gasteiger charge is 2.32. The van der Waals surface area contributed by atoms with Gasteiger partial charge in [0.15, 0.2) is 0 Å². The minimum Gasteiger partial charge on any atom is -0.481 e. The average Bonchev–Trinajstić information content (AvgIpc) is 2.66. The van der Waals surface area contributed by atoms with Crippen molar-refractivity contribution in [2.45, 2.75) is 25.9 Å². The molecule has 0 saturated heterocycles. The van der Waals surface area contributed by atoms with E-state index in [2.05, 4.69) is 20.3 Å². The van der Waals surface area contributed by atoms with Gasteiger partial charge in [-0.3, -0.25) is 9.78 Å². The number of hydrogen-bond donors (Lipinski definition) is 2. The molecule has 0 amide bonds. The van der Waals surface area contributed by atoms with Gasteiger partial charge in [0.2, 0.25) is 5.95 Å². The fraction of sp³-hybridized carbons (Fsp3) is 0.200. The first-order valence-electron chi connectivity index (χ1n) is 8.68. The number of anilines is 2. The number of rotatable bonds is 6. The van der Waals surface area contributed by atoms with Gasteiger partial charge in [-0.25, -0.2) is 9.97 Å². The number of nitrogens with zero attached hydrogens (tertiary/aromatic N) is 3. The number of hydrogen-bond acceptors (Lipinski definition) is 5. The molecule has 9 heteroatoms. The van der Waals surface area contributed by atoms with Gasteiger partial charge in [0, 0.05) is 29.6 Å². The van der Waals surface area contributed by atoms with Crippen LogP contribution in [-0.4, -0.2) is 26.0 Å². The van der Waals surface area contributed by atoms with E-state index >= 15 is 0 Å². The maximum atomic E-state index is 12.8. The van der Waals surface area contributed by atoms with Gasteiger partial charge in [-0.2, -0.15) is 13.2 Å². The molecule has 29 heavy (non-hydrogen) atoms. The molecule has 1 aromatic carbocycles. The Kier molecular flexibility index (Phi) is 5.76. The SMILES string of the molecule is Cc1cc(Nc2nccc(C(F)(F)F)n2)cc(-c2cccc(CCC(=O)O)n2)c1. The molecule has 0 aliphatic carbocycles. The molecular weight excluding hydrogens is 385 g/mol. The first-order chi connectivity index (χ1) is 13.7. The van der Waals surface area contributed by atoms with Gasteiger partial charge < -0.3 is 10.4 Å². The Labute approximate surface area is 164 Å². The number of nitrogens with one attached hydrogen (secondary N) is 1. The number of pyridine rings is 1. The summed E-state index contributed by atoms with van der Waals surface area (Å²) < 4.78 is 38.5. The van der Waals surface area contributed by atoms with Gasteiger partial charge >= 0.3 is 12.1 Å². The zero-order valence-corrected chi connectivity index (χ0v) is 15.4. The summed E-state index contributed by atoms with van der Waals surface area (Å²) in [5.74, 6) is -1.07. The van der Waals surface area contributed by atoms with Crippen molar-refractivity contribution < 1.29 is 23.1 Å². The second kappa shape index (κ2) is 8.26. The summed E-state index contributed by atoms with van der Waals surface area (Å²) in [6, 6.07) is 11.5. The zero-order chi connectivity index (χ0) is 21.0. The van der Waals surface area contributed by atoms with Crippen molar-refractivity contribution in [2.24, 2.45) is 0 Å². The first kappa shape index (κ1) is 20.2. The topological polar surface area (TPSA) is 88.0 Å². The third-order valence-corrected chi connectivity index (χ3v) is 3.98. The molecule has 3 aromatic rings. The molecule has 3 rings (SSSR count). The summed E-state index contributed by atoms with van der Waals surface area (Å²) in [6.45, 7) is 1.84. The molecular formula is C20H17F3N4O2. The van der Waals surface area contributed by atoms with Crippen LogP contribution in [0.5, 0.6) is 0 Å². The Balaban J connectivity index is 1.87. The molecule has 0 fully saturated rings. The highest BCUT2D eigenvalue weighted by Crippen LogP contribution is 2.29. The van der Waals surface area contributed by atoms with E-state index in [0.717, 1.165) is 23.4 Å². The van der Waals surface area contributed by atoms with Gasteiger partial charge in [-0.15, -0.1) is 0 Å². The number of benzene rings is 1. The molecule has 0 radical (unpaired) electrons. The van der Waals surface area contributed by atoms with Crippen molar-refractivity contribution in [3.05, 3.63) is 65.6 Å². The molecule has 6 nitrogen and oxygen atoms in total. The van der Waals surface area contributed by atoms with Gasteiger partial charge in [0.05, 0.1) is 12.1 Å². The summed E-state index contributed by atoms with van der Waals surface area (Å²) in [6.07, 6.45) is -3.23. The molecule has 0 atom stereocenters. The number of aryl methyl sites for hydroxylation is 2. The molecule has 0 saturated carbocycles. The standard InChI is InChI=1S/C20H17F3N4O2/c1-12-9-13(16-4-2-3-14(25-16)5-6-18(28)29)11-15(10-12)26-19-24-8-7-17(27-19)20(21,22)23/h2-4,7-11H,5-6H2,1H3,(H,28,29)(H,24,26,27). The van der Waals surface area contributed by atoms with E-state index < -0.39 is 17.8 Å². The van der Waals surface area contributed by atoms with E-state index in [-0.39, 0.29) is 12.4 Å². The third-order valence-electron chi connectivity index (χ3n) is 3.98. The minimum absolute atomic E-state index is 0.0238. The zero-order valence-electron chi connectivity index (χ0n) is 15.4. The molecule has 0 unspecified atom stereocenters. The van der Waals surface area contributed by atoms with Crippen molar-refractivity contribution in [1.82, 2.24) is 15.0 Å². The predicted octanol–water partition coefficient (Wildman–Crippen LogP) is 4.63. The highest BCUT2D eigenvalue weighted by atomic mass is 19.4. The first-order valence-corrected chi connectivity index (χ1v) is 8.68. The quantitative estimate of drug-likeness (QED) is 0.625. The van der Waals surface area contributed by atoms with Gasteiger partial charge in [0.25, 0.3) is 0 Å². The lowest BCUT2D eigenvalue weighted by Crippen LogP contribution is -2.10. The van der Waals surface area contributed by atoms with Crippen LogP contribution in [0.3, 0.4) is 0 Å². The van der Waals surface area contributed by atoms with E-state index in [0.29, 0.717) is 23.5 Å². The molecule has 150 valence electrons. The number of carboxylic acids is 1. The van der Waals surface area contributed by atoms with Crippen molar-refractivity contribution in [1.29, 1.82) is 0 Å². The van der Waals surface area contributed by atoms with E-state index in [4.69, 9.17) is 5.11 Å². The lowest BCUT2D eigenvalue weighted by molar-refractivity contribution is -0.141. The van der Waals surface area contributed by atoms with Gasteiger partial charge in [-0.05, 0) is 48.9 Å². The summed E-state index contributed by atoms with van der Waals surface area (Å²) in [4.78, 5) is 22.6. The van der Waals surface area contributed by atoms with Crippen LogP contribution in [0, 0.1) is 6.92 Å². The van der Waals surface area contributed by atoms with Crippen LogP contribution in [-0.2, 0) is 17.4 Å². The fourth-order valence-corrected chi connectivity index (χ4v) is 2.72. The average molecular weight is 402 g/mol. The Morgan fingerprint density at radius 2 is 1.93 bits per heavy atom. The molecule has 2 aromatic heterocycles. The lowest BCUT2D eigenvalue weighted by atomic mass is 10.1. The summed E-state index contributed by atoms with van der Waals surface area (Å²) in [5, 5.41) is 11.6. The monoisotopic (exact) mass is 402 g/mol. The number of halogens is 3. The summed E-state index contributed by atoms with van der Waals surface area (Å²) >= 11 is 0. The summed E-state index contributed by atoms with van der Waals surface area (Å²) in [5.41, 5.74) is 2.34. The Morgan fingerprint density at radius 3 is 2.66 bits per heavy atom. The van der Waals surface area contributed by atoms with Crippen molar-refractivity contribution in [3.8, 4) is 11.3 Å². The van der Waals surface area contributed by atoms with Crippen LogP contribution in [0.4, 0.5) is 24.8 Å². The fourth-order valence-electron chi connectivity index (χ4n) is 2.72. The van der Waals surface area contributed by atoms with E-state index in [9.17, 15) is 18.0 Å². The Hall–Kier alpha value is -3.49. The number of aliphatic carboxylic acids is 1. The molecule has 0 bridgehead atoms. The number of alkyl halides is 3. The van der Waals surface area contributed by atoms with E-state index in [1.54, 1.807) is 30.3 Å². The third kappa shape index (κ3) is 5.50. The van der Waals surface area contributed by atoms with Crippen LogP contribution in [0.2, 0.25) is 0 Å². The second-order valence-corrected chi connectivity index (χ2v) is 6.38. The number of carbonyl (C=O) groups is 1. The Bertz CT molecular complexity index is 1040. The van der Waals surface area contributed by atoms with E-state index in [1.165, 1.54) is 0 Å². The van der Waals surface area contributed by atoms with Crippen LogP contribution in [0.1, 0.15) is 23.4 Å². The molecule has 0 spiro atoms. The van der Waals surface area contributed by atoms with Crippen LogP contribution < -0.4 is 5.32 Å².